The molecule has 2 aromatic carbocycles. The fraction of sp³-hybridized carbons (Fsp3) is 0.483. The Balaban J connectivity index is 1.40. The van der Waals surface area contributed by atoms with Crippen molar-refractivity contribution in [3.63, 3.8) is 0 Å². The van der Waals surface area contributed by atoms with Crippen molar-refractivity contribution in [2.75, 3.05) is 33.0 Å². The number of hydrogen-bond donors (Lipinski definition) is 3. The van der Waals surface area contributed by atoms with Crippen LogP contribution in [0.4, 0.5) is 5.69 Å². The number of aliphatic hydroxyl groups is 1. The minimum absolute atomic E-state index is 0.0513. The van der Waals surface area contributed by atoms with Crippen LogP contribution in [0, 0.1) is 5.92 Å². The Labute approximate surface area is 214 Å². The maximum Gasteiger partial charge on any atom is 0.166 e. The lowest BCUT2D eigenvalue weighted by molar-refractivity contribution is -0.173. The normalized spacial score (nSPS) is 31.0. The predicted molar refractivity (Wildman–Crippen MR) is 137 cm³/mol. The summed E-state index contributed by atoms with van der Waals surface area (Å²) < 4.78 is 17.7. The molecular formula is C29H31N3O5. The van der Waals surface area contributed by atoms with E-state index in [9.17, 15) is 10.2 Å². The van der Waals surface area contributed by atoms with E-state index < -0.39 is 17.1 Å². The molecule has 3 aliphatic carbocycles. The number of nitrogens with two attached hydrogens (primary N) is 1. The van der Waals surface area contributed by atoms with Crippen molar-refractivity contribution in [3.8, 4) is 23.0 Å². The number of phenolic OH excluding ortho intramolecular Hbond substituents is 1. The molecular weight excluding hydrogens is 470 g/mol. The van der Waals surface area contributed by atoms with Gasteiger partial charge >= 0.3 is 0 Å². The molecule has 1 saturated carbocycles. The molecule has 1 spiro atoms. The molecule has 4 atom stereocenters. The second-order valence-electron chi connectivity index (χ2n) is 11.5. The van der Waals surface area contributed by atoms with E-state index in [4.69, 9.17) is 24.9 Å². The number of anilines is 1. The first-order chi connectivity index (χ1) is 17.9. The van der Waals surface area contributed by atoms with Crippen LogP contribution in [0.1, 0.15) is 47.8 Å². The second-order valence-corrected chi connectivity index (χ2v) is 11.5. The van der Waals surface area contributed by atoms with Crippen LogP contribution in [0.15, 0.2) is 24.3 Å². The number of pyridine rings is 1. The highest BCUT2D eigenvalue weighted by molar-refractivity contribution is 5.95. The molecule has 4 N–H and O–H groups in total. The fourth-order valence-corrected chi connectivity index (χ4v) is 8.00. The summed E-state index contributed by atoms with van der Waals surface area (Å²) in [5.74, 6) is 2.49. The molecule has 37 heavy (non-hydrogen) atoms. The Bertz CT molecular complexity index is 1500. The van der Waals surface area contributed by atoms with E-state index in [0.29, 0.717) is 34.9 Å². The summed E-state index contributed by atoms with van der Waals surface area (Å²) in [5, 5.41) is 24.5. The van der Waals surface area contributed by atoms with E-state index in [1.165, 1.54) is 12.8 Å². The molecule has 192 valence electrons. The summed E-state index contributed by atoms with van der Waals surface area (Å²) in [7, 11) is 3.20. The van der Waals surface area contributed by atoms with Crippen molar-refractivity contribution in [2.24, 2.45) is 5.92 Å². The molecule has 2 fully saturated rings. The van der Waals surface area contributed by atoms with Crippen molar-refractivity contribution in [2.45, 2.75) is 55.3 Å². The molecule has 2 bridgehead atoms. The largest absolute Gasteiger partial charge is 0.504 e. The topological polar surface area (TPSA) is 110 Å². The van der Waals surface area contributed by atoms with Gasteiger partial charge in [-0.3, -0.25) is 4.90 Å². The molecule has 3 aromatic rings. The van der Waals surface area contributed by atoms with Crippen molar-refractivity contribution >= 4 is 16.6 Å². The Morgan fingerprint density at radius 3 is 2.73 bits per heavy atom. The first-order valence-electron chi connectivity index (χ1n) is 13.2. The predicted octanol–water partition coefficient (Wildman–Crippen LogP) is 3.24. The number of piperidine rings is 1. The van der Waals surface area contributed by atoms with Gasteiger partial charge < -0.3 is 30.2 Å². The highest BCUT2D eigenvalue weighted by Crippen LogP contribution is 2.69. The third-order valence-electron chi connectivity index (χ3n) is 9.88. The number of methoxy groups -OCH3 is 2. The molecule has 5 aliphatic rings. The standard InChI is InChI=1S/C29H31N3O5/c1-35-20-10-16-18(11-21(20)36-2)31-25-17(24(16)30)12-29(34)22-9-15-5-6-19(33)26-23(15)28(29,27(25)37-26)7-8-32(22)13-14-3-4-14/h5-6,10-11,14,22,27,33-34H,3-4,7-9,12-13H2,1-2H3,(H2,30,31)/t22-,27?,28+,29?/m1/s1. The summed E-state index contributed by atoms with van der Waals surface area (Å²) in [6, 6.07) is 7.40. The van der Waals surface area contributed by atoms with E-state index >= 15 is 0 Å². The van der Waals surface area contributed by atoms with Crippen molar-refractivity contribution < 1.29 is 24.4 Å². The smallest absolute Gasteiger partial charge is 0.166 e. The van der Waals surface area contributed by atoms with Gasteiger partial charge in [-0.15, -0.1) is 0 Å². The van der Waals surface area contributed by atoms with E-state index in [2.05, 4.69) is 4.90 Å². The van der Waals surface area contributed by atoms with E-state index in [0.717, 1.165) is 59.6 Å². The van der Waals surface area contributed by atoms with Gasteiger partial charge in [-0.05, 0) is 55.8 Å². The monoisotopic (exact) mass is 501 g/mol. The van der Waals surface area contributed by atoms with Gasteiger partial charge in [-0.2, -0.15) is 0 Å². The van der Waals surface area contributed by atoms with Gasteiger partial charge in [-0.25, -0.2) is 4.98 Å². The lowest BCUT2D eigenvalue weighted by atomic mass is 9.48. The average Bonchev–Trinajstić information content (AvgIpc) is 3.64. The van der Waals surface area contributed by atoms with Crippen LogP contribution in [0.2, 0.25) is 0 Å². The van der Waals surface area contributed by atoms with E-state index in [1.807, 2.05) is 18.2 Å². The van der Waals surface area contributed by atoms with Crippen LogP contribution in [0.25, 0.3) is 10.9 Å². The molecule has 1 aromatic heterocycles. The minimum Gasteiger partial charge on any atom is -0.504 e. The molecule has 2 aliphatic heterocycles. The number of nitrogen functional groups attached to an aromatic ring is 1. The number of phenols is 1. The maximum absolute atomic E-state index is 12.9. The number of nitrogens with zero attached hydrogens (tertiary/aromatic N) is 2. The fourth-order valence-electron chi connectivity index (χ4n) is 8.00. The highest BCUT2D eigenvalue weighted by atomic mass is 16.5. The summed E-state index contributed by atoms with van der Waals surface area (Å²) in [6.07, 6.45) is 3.87. The Morgan fingerprint density at radius 2 is 1.97 bits per heavy atom. The molecule has 0 amide bonds. The lowest BCUT2D eigenvalue weighted by Gasteiger charge is -2.63. The number of ether oxygens (including phenoxy) is 3. The van der Waals surface area contributed by atoms with Gasteiger partial charge in [0.1, 0.15) is 0 Å². The van der Waals surface area contributed by atoms with Crippen LogP contribution >= 0.6 is 0 Å². The van der Waals surface area contributed by atoms with Gasteiger partial charge in [0.15, 0.2) is 29.1 Å². The molecule has 2 unspecified atom stereocenters. The molecule has 3 heterocycles. The molecule has 0 radical (unpaired) electrons. The van der Waals surface area contributed by atoms with E-state index in [1.54, 1.807) is 20.3 Å². The van der Waals surface area contributed by atoms with Gasteiger partial charge in [0.2, 0.25) is 0 Å². The van der Waals surface area contributed by atoms with E-state index in [-0.39, 0.29) is 11.8 Å². The molecule has 8 nitrogen and oxygen atoms in total. The van der Waals surface area contributed by atoms with Gasteiger partial charge in [0.05, 0.1) is 36.4 Å². The number of likely N-dealkylation sites (tertiary alicyclic amines) is 1. The Hall–Kier alpha value is -3.23. The third-order valence-corrected chi connectivity index (χ3v) is 9.88. The minimum atomic E-state index is -1.09. The number of hydrogen-bond acceptors (Lipinski definition) is 8. The second kappa shape index (κ2) is 6.99. The van der Waals surface area contributed by atoms with Crippen molar-refractivity contribution in [1.82, 2.24) is 9.88 Å². The SMILES string of the molecule is COc1cc2nc3c(c(N)c2cc1OC)CC1(O)[C@H]2Cc4ccc(O)c5c4[C@@]1(CCN2CC1CC1)C3O5. The summed E-state index contributed by atoms with van der Waals surface area (Å²) in [5.41, 5.74) is 10.1. The van der Waals surface area contributed by atoms with Crippen LogP contribution in [0.5, 0.6) is 23.0 Å². The maximum atomic E-state index is 12.9. The van der Waals surface area contributed by atoms with Crippen molar-refractivity contribution in [3.05, 3.63) is 46.6 Å². The van der Waals surface area contributed by atoms with Crippen molar-refractivity contribution in [1.29, 1.82) is 0 Å². The summed E-state index contributed by atoms with van der Waals surface area (Å²) in [4.78, 5) is 7.62. The van der Waals surface area contributed by atoms with Crippen LogP contribution in [0.3, 0.4) is 0 Å². The first kappa shape index (κ1) is 21.8. The molecule has 8 rings (SSSR count). The summed E-state index contributed by atoms with van der Waals surface area (Å²) >= 11 is 0. The number of aromatic nitrogens is 1. The van der Waals surface area contributed by atoms with Gasteiger partial charge in [-0.1, -0.05) is 6.07 Å². The summed E-state index contributed by atoms with van der Waals surface area (Å²) in [6.45, 7) is 1.91. The Kier molecular flexibility index (Phi) is 4.12. The average molecular weight is 502 g/mol. The molecule has 1 saturated heterocycles. The van der Waals surface area contributed by atoms with Crippen LogP contribution in [-0.4, -0.2) is 59.0 Å². The lowest BCUT2D eigenvalue weighted by Crippen LogP contribution is -2.74. The first-order valence-corrected chi connectivity index (χ1v) is 13.2. The van der Waals surface area contributed by atoms with Crippen LogP contribution < -0.4 is 19.9 Å². The van der Waals surface area contributed by atoms with Gasteiger partial charge in [0, 0.05) is 47.3 Å². The zero-order chi connectivity index (χ0) is 25.3. The number of benzene rings is 2. The van der Waals surface area contributed by atoms with Crippen LogP contribution in [-0.2, 0) is 18.3 Å². The number of rotatable bonds is 4. The quantitative estimate of drug-likeness (QED) is 0.500. The molecule has 8 heteroatoms. The Morgan fingerprint density at radius 1 is 1.19 bits per heavy atom. The highest BCUT2D eigenvalue weighted by Gasteiger charge is 2.73. The zero-order valence-corrected chi connectivity index (χ0v) is 21.1. The zero-order valence-electron chi connectivity index (χ0n) is 21.1. The van der Waals surface area contributed by atoms with Gasteiger partial charge in [0.25, 0.3) is 0 Å². The third kappa shape index (κ3) is 2.53. The number of fused-ring (bicyclic) bond motifs is 3. The number of aromatic hydroxyl groups is 1.